The van der Waals surface area contributed by atoms with Crippen LogP contribution in [0.25, 0.3) is 0 Å². The molecule has 0 unspecified atom stereocenters. The molecule has 2 aromatic carbocycles. The van der Waals surface area contributed by atoms with Crippen LogP contribution in [0.1, 0.15) is 18.4 Å². The van der Waals surface area contributed by atoms with Gasteiger partial charge in [0, 0.05) is 25.0 Å². The Bertz CT molecular complexity index is 1020. The second kappa shape index (κ2) is 9.15. The fraction of sp³-hybridized carbons (Fsp3) is 0.222. The predicted molar refractivity (Wildman–Crippen MR) is 102 cm³/mol. The number of nitro benzene ring substituents is 1. The van der Waals surface area contributed by atoms with E-state index in [9.17, 15) is 28.1 Å². The highest BCUT2D eigenvalue weighted by Crippen LogP contribution is 2.23. The second-order valence-electron chi connectivity index (χ2n) is 5.97. The number of nitrogens with zero attached hydrogens (tertiary/aromatic N) is 2. The first-order chi connectivity index (χ1) is 13.6. The van der Waals surface area contributed by atoms with Gasteiger partial charge < -0.3 is 10.5 Å². The van der Waals surface area contributed by atoms with E-state index in [4.69, 9.17) is 10.5 Å². The SMILES string of the molecule is COc1cccc(CN(C(=O)CCC(N)=O)S(=O)(=O)c2ccc([N+](=O)[O-])cc2)c1. The van der Waals surface area contributed by atoms with Gasteiger partial charge in [-0.3, -0.25) is 19.7 Å². The summed E-state index contributed by atoms with van der Waals surface area (Å²) in [5, 5.41) is 10.8. The number of carbonyl (C=O) groups is 2. The molecule has 0 radical (unpaired) electrons. The molecule has 0 heterocycles. The average Bonchev–Trinajstić information content (AvgIpc) is 2.70. The molecular weight excluding hydrogens is 402 g/mol. The van der Waals surface area contributed by atoms with Crippen molar-refractivity contribution >= 4 is 27.5 Å². The van der Waals surface area contributed by atoms with Gasteiger partial charge in [0.15, 0.2) is 0 Å². The number of non-ortho nitro benzene ring substituents is 1. The third-order valence-electron chi connectivity index (χ3n) is 3.96. The first-order valence-electron chi connectivity index (χ1n) is 8.36. The molecule has 2 amide bonds. The molecule has 0 atom stereocenters. The Morgan fingerprint density at radius 1 is 1.14 bits per heavy atom. The second-order valence-corrected chi connectivity index (χ2v) is 7.84. The molecule has 2 N–H and O–H groups in total. The normalized spacial score (nSPS) is 10.9. The molecule has 11 heteroatoms. The van der Waals surface area contributed by atoms with Crippen LogP contribution < -0.4 is 10.5 Å². The Labute approximate surface area is 167 Å². The van der Waals surface area contributed by atoms with Crippen LogP contribution in [0.3, 0.4) is 0 Å². The summed E-state index contributed by atoms with van der Waals surface area (Å²) in [5.74, 6) is -1.10. The highest BCUT2D eigenvalue weighted by atomic mass is 32.2. The van der Waals surface area contributed by atoms with Crippen LogP contribution in [-0.4, -0.2) is 36.6 Å². The number of benzene rings is 2. The van der Waals surface area contributed by atoms with Crippen molar-refractivity contribution in [3.63, 3.8) is 0 Å². The van der Waals surface area contributed by atoms with Gasteiger partial charge in [-0.05, 0) is 29.8 Å². The minimum Gasteiger partial charge on any atom is -0.497 e. The molecule has 0 spiro atoms. The fourth-order valence-electron chi connectivity index (χ4n) is 2.47. The van der Waals surface area contributed by atoms with E-state index in [-0.39, 0.29) is 23.5 Å². The van der Waals surface area contributed by atoms with Crippen molar-refractivity contribution in [2.24, 2.45) is 5.73 Å². The number of hydrogen-bond donors (Lipinski definition) is 1. The van der Waals surface area contributed by atoms with Crippen LogP contribution in [-0.2, 0) is 26.2 Å². The van der Waals surface area contributed by atoms with Crippen LogP contribution in [0.4, 0.5) is 5.69 Å². The molecule has 29 heavy (non-hydrogen) atoms. The summed E-state index contributed by atoms with van der Waals surface area (Å²) < 4.78 is 31.8. The van der Waals surface area contributed by atoms with E-state index in [1.54, 1.807) is 24.3 Å². The number of hydrogen-bond acceptors (Lipinski definition) is 7. The Balaban J connectivity index is 2.42. The van der Waals surface area contributed by atoms with E-state index in [1.807, 2.05) is 0 Å². The largest absolute Gasteiger partial charge is 0.497 e. The lowest BCUT2D eigenvalue weighted by molar-refractivity contribution is -0.384. The summed E-state index contributed by atoms with van der Waals surface area (Å²) in [7, 11) is -2.89. The third kappa shape index (κ3) is 5.51. The van der Waals surface area contributed by atoms with Gasteiger partial charge in [-0.2, -0.15) is 0 Å². The maximum atomic E-state index is 13.0. The monoisotopic (exact) mass is 421 g/mol. The minimum absolute atomic E-state index is 0.289. The molecular formula is C18H19N3O7S. The lowest BCUT2D eigenvalue weighted by Crippen LogP contribution is -2.36. The van der Waals surface area contributed by atoms with Crippen molar-refractivity contribution in [2.45, 2.75) is 24.3 Å². The minimum atomic E-state index is -4.34. The van der Waals surface area contributed by atoms with E-state index in [1.165, 1.54) is 7.11 Å². The van der Waals surface area contributed by atoms with Crippen LogP contribution in [0.2, 0.25) is 0 Å². The van der Waals surface area contributed by atoms with E-state index < -0.39 is 33.2 Å². The molecule has 2 rings (SSSR count). The maximum absolute atomic E-state index is 13.0. The molecule has 10 nitrogen and oxygen atoms in total. The third-order valence-corrected chi connectivity index (χ3v) is 5.74. The lowest BCUT2D eigenvalue weighted by atomic mass is 10.2. The molecule has 0 saturated carbocycles. The van der Waals surface area contributed by atoms with Gasteiger partial charge in [0.2, 0.25) is 11.8 Å². The Hall–Kier alpha value is -3.47. The first-order valence-corrected chi connectivity index (χ1v) is 9.80. The van der Waals surface area contributed by atoms with Gasteiger partial charge in [0.05, 0.1) is 23.5 Å². The summed E-state index contributed by atoms with van der Waals surface area (Å²) in [4.78, 5) is 33.4. The topological polar surface area (TPSA) is 150 Å². The average molecular weight is 421 g/mol. The lowest BCUT2D eigenvalue weighted by Gasteiger charge is -2.23. The maximum Gasteiger partial charge on any atom is 0.269 e. The van der Waals surface area contributed by atoms with Crippen molar-refractivity contribution in [1.82, 2.24) is 4.31 Å². The molecule has 0 bridgehead atoms. The summed E-state index contributed by atoms with van der Waals surface area (Å²) in [6, 6.07) is 10.6. The van der Waals surface area contributed by atoms with Crippen LogP contribution in [0.15, 0.2) is 53.4 Å². The number of primary amides is 1. The number of nitrogens with two attached hydrogens (primary N) is 1. The Kier molecular flexibility index (Phi) is 6.89. The van der Waals surface area contributed by atoms with Crippen LogP contribution in [0.5, 0.6) is 5.75 Å². The van der Waals surface area contributed by atoms with E-state index in [0.29, 0.717) is 15.6 Å². The Morgan fingerprint density at radius 3 is 2.34 bits per heavy atom. The summed E-state index contributed by atoms with van der Waals surface area (Å²) in [5.41, 5.74) is 5.24. The number of ether oxygens (including phenoxy) is 1. The first kappa shape index (κ1) is 21.8. The Morgan fingerprint density at radius 2 is 1.79 bits per heavy atom. The number of rotatable bonds is 9. The van der Waals surface area contributed by atoms with Gasteiger partial charge in [0.1, 0.15) is 5.75 Å². The number of sulfonamides is 1. The number of amides is 2. The van der Waals surface area contributed by atoms with Crippen LogP contribution >= 0.6 is 0 Å². The number of carbonyl (C=O) groups excluding carboxylic acids is 2. The molecule has 0 aliphatic rings. The quantitative estimate of drug-likeness (QED) is 0.477. The summed E-state index contributed by atoms with van der Waals surface area (Å²) >= 11 is 0. The van der Waals surface area contributed by atoms with Crippen molar-refractivity contribution < 1.29 is 27.7 Å². The summed E-state index contributed by atoms with van der Waals surface area (Å²) in [6.45, 7) is -0.311. The number of methoxy groups -OCH3 is 1. The molecule has 0 fully saturated rings. The van der Waals surface area contributed by atoms with Crippen LogP contribution in [0, 0.1) is 10.1 Å². The van der Waals surface area contributed by atoms with Gasteiger partial charge in [-0.15, -0.1) is 0 Å². The zero-order chi connectivity index (χ0) is 21.6. The molecule has 0 aliphatic carbocycles. The number of nitro groups is 1. The highest BCUT2D eigenvalue weighted by molar-refractivity contribution is 7.89. The molecule has 0 aliphatic heterocycles. The summed E-state index contributed by atoms with van der Waals surface area (Å²) in [6.07, 6.45) is -0.714. The van der Waals surface area contributed by atoms with E-state index in [2.05, 4.69) is 0 Å². The molecule has 0 saturated heterocycles. The van der Waals surface area contributed by atoms with Gasteiger partial charge in [0.25, 0.3) is 15.7 Å². The van der Waals surface area contributed by atoms with Gasteiger partial charge in [-0.1, -0.05) is 12.1 Å². The van der Waals surface area contributed by atoms with Gasteiger partial charge >= 0.3 is 0 Å². The zero-order valence-corrected chi connectivity index (χ0v) is 16.3. The zero-order valence-electron chi connectivity index (χ0n) is 15.5. The molecule has 2 aromatic rings. The van der Waals surface area contributed by atoms with E-state index >= 15 is 0 Å². The van der Waals surface area contributed by atoms with Crippen molar-refractivity contribution in [1.29, 1.82) is 0 Å². The highest BCUT2D eigenvalue weighted by Gasteiger charge is 2.30. The van der Waals surface area contributed by atoms with E-state index in [0.717, 1.165) is 24.3 Å². The molecule has 154 valence electrons. The molecule has 0 aromatic heterocycles. The smallest absolute Gasteiger partial charge is 0.269 e. The van der Waals surface area contributed by atoms with Crippen molar-refractivity contribution in [2.75, 3.05) is 7.11 Å². The standard InChI is InChI=1S/C18H19N3O7S/c1-28-15-4-2-3-13(11-15)12-20(18(23)10-9-17(19)22)29(26,27)16-7-5-14(6-8-16)21(24)25/h2-8,11H,9-10,12H2,1H3,(H2,19,22). The fourth-order valence-corrected chi connectivity index (χ4v) is 3.88. The van der Waals surface area contributed by atoms with Gasteiger partial charge in [-0.25, -0.2) is 12.7 Å². The van der Waals surface area contributed by atoms with Crippen molar-refractivity contribution in [3.8, 4) is 5.75 Å². The predicted octanol–water partition coefficient (Wildman–Crippen LogP) is 1.59. The van der Waals surface area contributed by atoms with Crippen molar-refractivity contribution in [3.05, 3.63) is 64.2 Å².